The van der Waals surface area contributed by atoms with Gasteiger partial charge in [-0.15, -0.1) is 0 Å². The second-order valence-electron chi connectivity index (χ2n) is 2.82. The van der Waals surface area contributed by atoms with Crippen LogP contribution < -0.4 is 16.2 Å². The molecule has 0 bridgehead atoms. The number of fused-ring (bicyclic) bond motifs is 1. The third kappa shape index (κ3) is 0.967. The van der Waals surface area contributed by atoms with Crippen LogP contribution in [0, 0.1) is 0 Å². The first kappa shape index (κ1) is 8.34. The van der Waals surface area contributed by atoms with Crippen LogP contribution in [0.3, 0.4) is 0 Å². The number of hydrogen-bond donors (Lipinski definition) is 1. The molecule has 1 aliphatic rings. The summed E-state index contributed by atoms with van der Waals surface area (Å²) in [6.07, 6.45) is 0. The fourth-order valence-corrected chi connectivity index (χ4v) is 1.51. The summed E-state index contributed by atoms with van der Waals surface area (Å²) in [5, 5.41) is 4.96. The van der Waals surface area contributed by atoms with E-state index in [1.165, 1.54) is 0 Å². The van der Waals surface area contributed by atoms with E-state index in [1.807, 2.05) is 6.07 Å². The molecule has 0 fully saturated rings. The van der Waals surface area contributed by atoms with Crippen molar-refractivity contribution in [3.8, 4) is 0 Å². The van der Waals surface area contributed by atoms with Gasteiger partial charge in [-0.2, -0.15) is 0 Å². The second-order valence-corrected chi connectivity index (χ2v) is 2.82. The molecule has 0 aromatic heterocycles. The van der Waals surface area contributed by atoms with Crippen molar-refractivity contribution < 1.29 is 4.79 Å². The highest BCUT2D eigenvalue weighted by Crippen LogP contribution is 2.14. The fraction of sp³-hybridized carbons (Fsp3) is 0. The number of carbonyl (C=O) groups excluding carboxylic acids is 1. The van der Waals surface area contributed by atoms with Gasteiger partial charge < -0.3 is 5.73 Å². The summed E-state index contributed by atoms with van der Waals surface area (Å²) in [6, 6.07) is 7.16. The highest BCUT2D eigenvalue weighted by atomic mass is 16.1. The summed E-state index contributed by atoms with van der Waals surface area (Å²) in [4.78, 5) is 13.7. The standard InChI is InChI=1S/C9H6N4O/c10-9(14)7-5-3-1-2-4-6(5)8(7)12-13-11/h1-4H,(H2,10,14). The van der Waals surface area contributed by atoms with Crippen LogP contribution >= 0.6 is 0 Å². The first-order chi connectivity index (χ1) is 6.75. The van der Waals surface area contributed by atoms with Gasteiger partial charge in [0, 0.05) is 4.91 Å². The number of hydrogen-bond acceptors (Lipinski definition) is 2. The maximum atomic E-state index is 11.0. The smallest absolute Gasteiger partial charge is 0.249 e. The Morgan fingerprint density at radius 2 is 2.00 bits per heavy atom. The average molecular weight is 186 g/mol. The van der Waals surface area contributed by atoms with Crippen molar-refractivity contribution >= 4 is 17.2 Å². The number of amides is 1. The third-order valence-corrected chi connectivity index (χ3v) is 2.08. The molecule has 0 atom stereocenters. The lowest BCUT2D eigenvalue weighted by Crippen LogP contribution is -2.42. The molecule has 2 N–H and O–H groups in total. The van der Waals surface area contributed by atoms with Crippen LogP contribution in [-0.2, 0) is 4.79 Å². The van der Waals surface area contributed by atoms with E-state index in [9.17, 15) is 4.79 Å². The van der Waals surface area contributed by atoms with Crippen LogP contribution in [0.4, 0.5) is 0 Å². The van der Waals surface area contributed by atoms with Crippen LogP contribution in [0.25, 0.3) is 21.7 Å². The van der Waals surface area contributed by atoms with E-state index in [0.717, 1.165) is 10.4 Å². The maximum Gasteiger partial charge on any atom is 0.249 e. The van der Waals surface area contributed by atoms with E-state index >= 15 is 0 Å². The SMILES string of the molecule is [N-]=[N+]=NC1=c2ccccc2=C1C(N)=O. The predicted octanol–water partition coefficient (Wildman–Crippen LogP) is -0.245. The van der Waals surface area contributed by atoms with E-state index < -0.39 is 5.91 Å². The molecule has 0 saturated carbocycles. The highest BCUT2D eigenvalue weighted by Gasteiger charge is 2.19. The Labute approximate surface area is 78.8 Å². The third-order valence-electron chi connectivity index (χ3n) is 2.08. The molecule has 1 aromatic rings. The Morgan fingerprint density at radius 3 is 2.57 bits per heavy atom. The number of nitrogens with two attached hydrogens (primary N) is 1. The zero-order chi connectivity index (χ0) is 10.1. The van der Waals surface area contributed by atoms with Crippen LogP contribution in [0.5, 0.6) is 0 Å². The van der Waals surface area contributed by atoms with Gasteiger partial charge in [-0.25, -0.2) is 0 Å². The lowest BCUT2D eigenvalue weighted by atomic mass is 9.96. The minimum Gasteiger partial charge on any atom is -0.366 e. The van der Waals surface area contributed by atoms with E-state index in [1.54, 1.807) is 18.2 Å². The second kappa shape index (κ2) is 2.90. The van der Waals surface area contributed by atoms with Gasteiger partial charge in [-0.1, -0.05) is 29.4 Å². The Kier molecular flexibility index (Phi) is 1.73. The van der Waals surface area contributed by atoms with Crippen molar-refractivity contribution in [2.24, 2.45) is 10.8 Å². The molecule has 14 heavy (non-hydrogen) atoms. The number of carbonyl (C=O) groups is 1. The maximum absolute atomic E-state index is 11.0. The van der Waals surface area contributed by atoms with Gasteiger partial charge >= 0.3 is 0 Å². The van der Waals surface area contributed by atoms with Crippen molar-refractivity contribution in [1.82, 2.24) is 0 Å². The van der Waals surface area contributed by atoms with Gasteiger partial charge in [0.1, 0.15) is 0 Å². The Morgan fingerprint density at radius 1 is 1.36 bits per heavy atom. The Bertz CT molecular complexity index is 542. The predicted molar refractivity (Wildman–Crippen MR) is 50.8 cm³/mol. The first-order valence-electron chi connectivity index (χ1n) is 3.94. The van der Waals surface area contributed by atoms with Crippen molar-refractivity contribution in [2.75, 3.05) is 0 Å². The van der Waals surface area contributed by atoms with Crippen LogP contribution in [0.1, 0.15) is 0 Å². The lowest BCUT2D eigenvalue weighted by Gasteiger charge is -2.12. The zero-order valence-electron chi connectivity index (χ0n) is 7.14. The Balaban J connectivity index is 2.79. The first-order valence-corrected chi connectivity index (χ1v) is 3.94. The molecule has 0 aliphatic heterocycles. The molecule has 0 heterocycles. The molecular formula is C9H6N4O. The molecule has 1 amide bonds. The molecule has 2 rings (SSSR count). The van der Waals surface area contributed by atoms with Gasteiger partial charge in [0.25, 0.3) is 0 Å². The summed E-state index contributed by atoms with van der Waals surface area (Å²) < 4.78 is 0. The van der Waals surface area contributed by atoms with E-state index in [4.69, 9.17) is 11.3 Å². The number of primary amides is 1. The molecule has 0 saturated heterocycles. The number of azide groups is 1. The van der Waals surface area contributed by atoms with Crippen molar-refractivity contribution in [1.29, 1.82) is 0 Å². The minimum atomic E-state index is -0.564. The van der Waals surface area contributed by atoms with E-state index in [0.29, 0.717) is 11.3 Å². The number of nitrogens with zero attached hydrogens (tertiary/aromatic N) is 3. The molecule has 68 valence electrons. The molecule has 5 heteroatoms. The summed E-state index contributed by atoms with van der Waals surface area (Å²) in [7, 11) is 0. The van der Waals surface area contributed by atoms with Gasteiger partial charge in [0.05, 0.1) is 11.3 Å². The average Bonchev–Trinajstić information content (AvgIpc) is 2.14. The molecule has 0 unspecified atom stereocenters. The monoisotopic (exact) mass is 186 g/mol. The topological polar surface area (TPSA) is 91.8 Å². The zero-order valence-corrected chi connectivity index (χ0v) is 7.14. The number of benzene rings is 1. The quantitative estimate of drug-likeness (QED) is 0.385. The van der Waals surface area contributed by atoms with Crippen molar-refractivity contribution in [2.45, 2.75) is 0 Å². The fourth-order valence-electron chi connectivity index (χ4n) is 1.51. The molecule has 1 aliphatic carbocycles. The largest absolute Gasteiger partial charge is 0.366 e. The van der Waals surface area contributed by atoms with Crippen molar-refractivity contribution in [3.63, 3.8) is 0 Å². The number of rotatable bonds is 2. The molecule has 5 nitrogen and oxygen atoms in total. The minimum absolute atomic E-state index is 0.318. The summed E-state index contributed by atoms with van der Waals surface area (Å²) in [5.41, 5.74) is 14.1. The van der Waals surface area contributed by atoms with E-state index in [2.05, 4.69) is 10.0 Å². The highest BCUT2D eigenvalue weighted by molar-refractivity contribution is 6.28. The normalized spacial score (nSPS) is 12.6. The summed E-state index contributed by atoms with van der Waals surface area (Å²) in [5.74, 6) is -0.564. The van der Waals surface area contributed by atoms with Crippen LogP contribution in [0.2, 0.25) is 0 Å². The van der Waals surface area contributed by atoms with Crippen LogP contribution in [0.15, 0.2) is 29.4 Å². The molecular weight excluding hydrogens is 180 g/mol. The van der Waals surface area contributed by atoms with Gasteiger partial charge in [0.15, 0.2) is 0 Å². The Hall–Kier alpha value is -2.26. The summed E-state index contributed by atoms with van der Waals surface area (Å²) in [6.45, 7) is 0. The van der Waals surface area contributed by atoms with Gasteiger partial charge in [-0.3, -0.25) is 4.79 Å². The van der Waals surface area contributed by atoms with E-state index in [-0.39, 0.29) is 0 Å². The van der Waals surface area contributed by atoms with Gasteiger partial charge in [0.2, 0.25) is 5.91 Å². The molecule has 1 aromatic carbocycles. The molecule has 0 spiro atoms. The van der Waals surface area contributed by atoms with Crippen molar-refractivity contribution in [3.05, 3.63) is 45.1 Å². The molecule has 0 radical (unpaired) electrons. The van der Waals surface area contributed by atoms with Crippen LogP contribution in [-0.4, -0.2) is 5.91 Å². The summed E-state index contributed by atoms with van der Waals surface area (Å²) >= 11 is 0. The lowest BCUT2D eigenvalue weighted by molar-refractivity contribution is -0.112. The van der Waals surface area contributed by atoms with Gasteiger partial charge in [-0.05, 0) is 16.0 Å².